The van der Waals surface area contributed by atoms with E-state index >= 15 is 0 Å². The van der Waals surface area contributed by atoms with Gasteiger partial charge in [-0.15, -0.1) is 0 Å². The van der Waals surface area contributed by atoms with Crippen LogP contribution in [-0.4, -0.2) is 35.1 Å². The Kier molecular flexibility index (Phi) is 4.97. The molecule has 0 amide bonds. The van der Waals surface area contributed by atoms with Crippen molar-refractivity contribution >= 4 is 5.97 Å². The molecule has 1 heterocycles. The first-order chi connectivity index (χ1) is 9.18. The molecule has 19 heavy (non-hydrogen) atoms. The van der Waals surface area contributed by atoms with Crippen molar-refractivity contribution in [3.8, 4) is 0 Å². The molecular weight excluding hydrogens is 238 g/mol. The largest absolute Gasteiger partial charge is 0.478 e. The third kappa shape index (κ3) is 3.80. The van der Waals surface area contributed by atoms with Crippen LogP contribution in [-0.2, 0) is 6.42 Å². The first kappa shape index (κ1) is 14.1. The topological polar surface area (TPSA) is 40.5 Å². The molecule has 1 aliphatic heterocycles. The second-order valence-electron chi connectivity index (χ2n) is 5.45. The molecule has 1 fully saturated rings. The fraction of sp³-hybridized carbons (Fsp3) is 0.562. The Bertz CT molecular complexity index is 431. The summed E-state index contributed by atoms with van der Waals surface area (Å²) in [7, 11) is 0. The van der Waals surface area contributed by atoms with Crippen LogP contribution in [0.1, 0.15) is 48.5 Å². The number of likely N-dealkylation sites (tertiary alicyclic amines) is 1. The van der Waals surface area contributed by atoms with Gasteiger partial charge in [0, 0.05) is 6.04 Å². The molecule has 1 N–H and O–H groups in total. The Labute approximate surface area is 115 Å². The van der Waals surface area contributed by atoms with E-state index in [1.807, 2.05) is 12.1 Å². The van der Waals surface area contributed by atoms with Crippen molar-refractivity contribution < 1.29 is 9.90 Å². The Morgan fingerprint density at radius 1 is 1.37 bits per heavy atom. The number of aromatic carboxylic acids is 1. The summed E-state index contributed by atoms with van der Waals surface area (Å²) < 4.78 is 0. The second kappa shape index (κ2) is 6.71. The van der Waals surface area contributed by atoms with E-state index in [1.165, 1.54) is 25.8 Å². The molecule has 0 radical (unpaired) electrons. The van der Waals surface area contributed by atoms with Gasteiger partial charge in [-0.3, -0.25) is 0 Å². The first-order valence-corrected chi connectivity index (χ1v) is 7.23. The van der Waals surface area contributed by atoms with E-state index in [-0.39, 0.29) is 0 Å². The minimum atomic E-state index is -0.818. The van der Waals surface area contributed by atoms with Crippen molar-refractivity contribution in [1.82, 2.24) is 4.90 Å². The highest BCUT2D eigenvalue weighted by Crippen LogP contribution is 2.17. The summed E-state index contributed by atoms with van der Waals surface area (Å²) in [5.74, 6) is -0.818. The standard InChI is InChI=1S/C16H23NO2/c1-13-7-4-5-11-17(13)12-6-9-14-8-2-3-10-15(14)16(18)19/h2-3,8,10,13H,4-7,9,11-12H2,1H3,(H,18,19). The molecule has 1 aliphatic rings. The summed E-state index contributed by atoms with van der Waals surface area (Å²) in [4.78, 5) is 13.7. The number of aryl methyl sites for hydroxylation is 1. The van der Waals surface area contributed by atoms with Crippen molar-refractivity contribution in [1.29, 1.82) is 0 Å². The molecule has 3 heteroatoms. The van der Waals surface area contributed by atoms with E-state index < -0.39 is 5.97 Å². The maximum absolute atomic E-state index is 11.1. The molecule has 0 spiro atoms. The van der Waals surface area contributed by atoms with Crippen LogP contribution < -0.4 is 0 Å². The smallest absolute Gasteiger partial charge is 0.335 e. The number of hydrogen-bond acceptors (Lipinski definition) is 2. The van der Waals surface area contributed by atoms with Gasteiger partial charge in [-0.1, -0.05) is 24.6 Å². The van der Waals surface area contributed by atoms with Crippen molar-refractivity contribution in [3.63, 3.8) is 0 Å². The lowest BCUT2D eigenvalue weighted by Gasteiger charge is -2.33. The summed E-state index contributed by atoms with van der Waals surface area (Å²) in [6, 6.07) is 8.03. The van der Waals surface area contributed by atoms with Gasteiger partial charge in [0.25, 0.3) is 0 Å². The highest BCUT2D eigenvalue weighted by Gasteiger charge is 2.17. The number of hydrogen-bond donors (Lipinski definition) is 1. The average molecular weight is 261 g/mol. The van der Waals surface area contributed by atoms with Crippen molar-refractivity contribution in [2.75, 3.05) is 13.1 Å². The minimum absolute atomic E-state index is 0.453. The van der Waals surface area contributed by atoms with Crippen LogP contribution in [0.3, 0.4) is 0 Å². The zero-order chi connectivity index (χ0) is 13.7. The van der Waals surface area contributed by atoms with E-state index in [4.69, 9.17) is 5.11 Å². The molecule has 1 aromatic carbocycles. The number of carboxylic acids is 1. The average Bonchev–Trinajstić information content (AvgIpc) is 2.41. The van der Waals surface area contributed by atoms with E-state index in [0.717, 1.165) is 24.9 Å². The Morgan fingerprint density at radius 3 is 2.89 bits per heavy atom. The number of rotatable bonds is 5. The molecule has 0 aromatic heterocycles. The van der Waals surface area contributed by atoms with Crippen LogP contribution >= 0.6 is 0 Å². The van der Waals surface area contributed by atoms with Gasteiger partial charge in [0.2, 0.25) is 0 Å². The maximum Gasteiger partial charge on any atom is 0.335 e. The lowest BCUT2D eigenvalue weighted by Crippen LogP contribution is -2.38. The van der Waals surface area contributed by atoms with Gasteiger partial charge < -0.3 is 10.0 Å². The van der Waals surface area contributed by atoms with Crippen LogP contribution in [0.25, 0.3) is 0 Å². The summed E-state index contributed by atoms with van der Waals surface area (Å²) in [5.41, 5.74) is 1.41. The van der Waals surface area contributed by atoms with Gasteiger partial charge in [0.05, 0.1) is 5.56 Å². The molecule has 0 bridgehead atoms. The molecule has 1 atom stereocenters. The Hall–Kier alpha value is -1.35. The van der Waals surface area contributed by atoms with Crippen molar-refractivity contribution in [2.24, 2.45) is 0 Å². The van der Waals surface area contributed by atoms with E-state index in [9.17, 15) is 4.79 Å². The highest BCUT2D eigenvalue weighted by molar-refractivity contribution is 5.89. The fourth-order valence-electron chi connectivity index (χ4n) is 2.91. The molecule has 1 saturated heterocycles. The van der Waals surface area contributed by atoms with E-state index in [0.29, 0.717) is 11.6 Å². The summed E-state index contributed by atoms with van der Waals surface area (Å²) >= 11 is 0. The van der Waals surface area contributed by atoms with Gasteiger partial charge in [0.15, 0.2) is 0 Å². The highest BCUT2D eigenvalue weighted by atomic mass is 16.4. The van der Waals surface area contributed by atoms with E-state index in [2.05, 4.69) is 11.8 Å². The quantitative estimate of drug-likeness (QED) is 0.885. The number of carbonyl (C=O) groups is 1. The monoisotopic (exact) mass is 261 g/mol. The van der Waals surface area contributed by atoms with Gasteiger partial charge in [-0.25, -0.2) is 4.79 Å². The normalized spacial score (nSPS) is 20.4. The minimum Gasteiger partial charge on any atom is -0.478 e. The predicted molar refractivity (Wildman–Crippen MR) is 76.6 cm³/mol. The molecule has 0 aliphatic carbocycles. The first-order valence-electron chi connectivity index (χ1n) is 7.23. The van der Waals surface area contributed by atoms with Crippen LogP contribution in [0, 0.1) is 0 Å². The molecule has 104 valence electrons. The summed E-state index contributed by atoms with van der Waals surface area (Å²) in [6.07, 6.45) is 5.83. The lowest BCUT2D eigenvalue weighted by atomic mass is 10.0. The molecule has 1 aromatic rings. The number of carboxylic acid groups (broad SMARTS) is 1. The number of benzene rings is 1. The van der Waals surface area contributed by atoms with Crippen LogP contribution in [0.4, 0.5) is 0 Å². The molecule has 2 rings (SSSR count). The van der Waals surface area contributed by atoms with Gasteiger partial charge in [-0.2, -0.15) is 0 Å². The van der Waals surface area contributed by atoms with Crippen LogP contribution in [0.5, 0.6) is 0 Å². The van der Waals surface area contributed by atoms with Crippen LogP contribution in [0.15, 0.2) is 24.3 Å². The van der Waals surface area contributed by atoms with E-state index in [1.54, 1.807) is 12.1 Å². The maximum atomic E-state index is 11.1. The summed E-state index contributed by atoms with van der Waals surface area (Å²) in [6.45, 7) is 4.57. The number of piperidine rings is 1. The van der Waals surface area contributed by atoms with Gasteiger partial charge >= 0.3 is 5.97 Å². The number of nitrogens with zero attached hydrogens (tertiary/aromatic N) is 1. The Balaban J connectivity index is 1.87. The second-order valence-corrected chi connectivity index (χ2v) is 5.45. The molecule has 1 unspecified atom stereocenters. The summed E-state index contributed by atoms with van der Waals surface area (Å²) in [5, 5.41) is 9.15. The SMILES string of the molecule is CC1CCCCN1CCCc1ccccc1C(=O)O. The molecule has 3 nitrogen and oxygen atoms in total. The third-order valence-electron chi connectivity index (χ3n) is 4.08. The molecular formula is C16H23NO2. The third-order valence-corrected chi connectivity index (χ3v) is 4.08. The van der Waals surface area contributed by atoms with Gasteiger partial charge in [0.1, 0.15) is 0 Å². The van der Waals surface area contributed by atoms with Crippen molar-refractivity contribution in [3.05, 3.63) is 35.4 Å². The zero-order valence-electron chi connectivity index (χ0n) is 11.6. The molecule has 0 saturated carbocycles. The van der Waals surface area contributed by atoms with Crippen LogP contribution in [0.2, 0.25) is 0 Å². The fourth-order valence-corrected chi connectivity index (χ4v) is 2.91. The van der Waals surface area contributed by atoms with Crippen molar-refractivity contribution in [2.45, 2.75) is 45.1 Å². The predicted octanol–water partition coefficient (Wildman–Crippen LogP) is 3.19. The lowest BCUT2D eigenvalue weighted by molar-refractivity contribution is 0.0695. The van der Waals surface area contributed by atoms with Gasteiger partial charge in [-0.05, 0) is 57.3 Å². The zero-order valence-corrected chi connectivity index (χ0v) is 11.6. The Morgan fingerprint density at radius 2 is 2.16 bits per heavy atom.